The molecule has 0 N–H and O–H groups in total. The highest BCUT2D eigenvalue weighted by atomic mass is 16.5. The van der Waals surface area contributed by atoms with Gasteiger partial charge < -0.3 is 14.2 Å². The lowest BCUT2D eigenvalue weighted by Crippen LogP contribution is -2.43. The van der Waals surface area contributed by atoms with Crippen molar-refractivity contribution in [2.75, 3.05) is 13.1 Å². The molecule has 0 bridgehead atoms. The molecule has 1 amide bonds. The molecule has 2 aromatic rings. The van der Waals surface area contributed by atoms with Gasteiger partial charge in [-0.15, -0.1) is 0 Å². The number of ether oxygens (including phenoxy) is 1. The second kappa shape index (κ2) is 7.18. The Morgan fingerprint density at radius 1 is 1.32 bits per heavy atom. The van der Waals surface area contributed by atoms with Gasteiger partial charge in [0.2, 0.25) is 5.88 Å². The van der Waals surface area contributed by atoms with Gasteiger partial charge in [0.15, 0.2) is 0 Å². The van der Waals surface area contributed by atoms with E-state index in [0.717, 1.165) is 0 Å². The summed E-state index contributed by atoms with van der Waals surface area (Å²) >= 11 is 0. The molecule has 25 heavy (non-hydrogen) atoms. The molecule has 128 valence electrons. The van der Waals surface area contributed by atoms with Crippen LogP contribution in [0.4, 0.5) is 0 Å². The van der Waals surface area contributed by atoms with E-state index < -0.39 is 0 Å². The molecule has 1 saturated heterocycles. The van der Waals surface area contributed by atoms with E-state index in [2.05, 4.69) is 11.1 Å². The second-order valence-corrected chi connectivity index (χ2v) is 5.92. The molecule has 0 spiro atoms. The van der Waals surface area contributed by atoms with Crippen molar-refractivity contribution in [3.8, 4) is 11.9 Å². The van der Waals surface area contributed by atoms with Crippen molar-refractivity contribution in [3.63, 3.8) is 0 Å². The van der Waals surface area contributed by atoms with Gasteiger partial charge >= 0.3 is 0 Å². The minimum atomic E-state index is -0.293. The number of aromatic nitrogens is 2. The molecule has 1 aliphatic rings. The highest BCUT2D eigenvalue weighted by Gasteiger charge is 2.26. The Bertz CT molecular complexity index is 876. The molecule has 0 radical (unpaired) electrons. The number of piperidine rings is 1. The van der Waals surface area contributed by atoms with Gasteiger partial charge in [-0.25, -0.2) is 4.98 Å². The third-order valence-corrected chi connectivity index (χ3v) is 4.25. The molecular weight excluding hydrogens is 320 g/mol. The third kappa shape index (κ3) is 3.53. The quantitative estimate of drug-likeness (QED) is 0.842. The molecule has 0 aromatic carbocycles. The first kappa shape index (κ1) is 16.7. The van der Waals surface area contributed by atoms with Crippen LogP contribution in [-0.2, 0) is 7.05 Å². The molecule has 3 heterocycles. The van der Waals surface area contributed by atoms with E-state index in [4.69, 9.17) is 10.00 Å². The highest BCUT2D eigenvalue weighted by molar-refractivity contribution is 5.93. The molecule has 0 aliphatic carbocycles. The summed E-state index contributed by atoms with van der Waals surface area (Å²) in [5.74, 6) is 0.0712. The Kier molecular flexibility index (Phi) is 4.80. The summed E-state index contributed by atoms with van der Waals surface area (Å²) in [6, 6.07) is 8.65. The maximum absolute atomic E-state index is 12.6. The normalized spacial score (nSPS) is 14.8. The average Bonchev–Trinajstić information content (AvgIpc) is 2.64. The monoisotopic (exact) mass is 338 g/mol. The van der Waals surface area contributed by atoms with Gasteiger partial charge in [-0.3, -0.25) is 9.59 Å². The van der Waals surface area contributed by atoms with E-state index in [1.807, 2.05) is 0 Å². The Labute approximate surface area is 145 Å². The van der Waals surface area contributed by atoms with Crippen molar-refractivity contribution in [2.45, 2.75) is 18.9 Å². The molecule has 1 fully saturated rings. The Balaban J connectivity index is 1.64. The largest absolute Gasteiger partial charge is 0.473 e. The smallest absolute Gasteiger partial charge is 0.263 e. The number of rotatable bonds is 3. The molecule has 1 aliphatic heterocycles. The lowest BCUT2D eigenvalue weighted by atomic mass is 10.1. The Morgan fingerprint density at radius 2 is 2.08 bits per heavy atom. The van der Waals surface area contributed by atoms with Gasteiger partial charge in [0.1, 0.15) is 23.3 Å². The fourth-order valence-electron chi connectivity index (χ4n) is 2.83. The minimum absolute atomic E-state index is 0.107. The van der Waals surface area contributed by atoms with Crippen LogP contribution < -0.4 is 10.3 Å². The molecule has 0 unspecified atom stereocenters. The predicted octanol–water partition coefficient (Wildman–Crippen LogP) is 1.34. The average molecular weight is 338 g/mol. The van der Waals surface area contributed by atoms with Gasteiger partial charge in [0.05, 0.1) is 0 Å². The highest BCUT2D eigenvalue weighted by Crippen LogP contribution is 2.20. The summed E-state index contributed by atoms with van der Waals surface area (Å²) in [5.41, 5.74) is 0.285. The lowest BCUT2D eigenvalue weighted by molar-refractivity contribution is 0.0585. The van der Waals surface area contributed by atoms with Crippen molar-refractivity contribution in [2.24, 2.45) is 7.05 Å². The number of hydrogen-bond acceptors (Lipinski definition) is 5. The number of aryl methyl sites for hydroxylation is 1. The number of pyridine rings is 2. The Hall–Kier alpha value is -3.14. The summed E-state index contributed by atoms with van der Waals surface area (Å²) in [4.78, 5) is 30.4. The van der Waals surface area contributed by atoms with E-state index >= 15 is 0 Å². The number of likely N-dealkylation sites (tertiary alicyclic amines) is 1. The van der Waals surface area contributed by atoms with Crippen LogP contribution in [0.3, 0.4) is 0 Å². The first-order valence-electron chi connectivity index (χ1n) is 8.07. The van der Waals surface area contributed by atoms with Gasteiger partial charge in [-0.2, -0.15) is 5.26 Å². The summed E-state index contributed by atoms with van der Waals surface area (Å²) < 4.78 is 7.21. The SMILES string of the molecule is Cn1cccc(C(=O)N2CCC(Oc3ncccc3C#N)CC2)c1=O. The number of amides is 1. The first-order chi connectivity index (χ1) is 12.1. The van der Waals surface area contributed by atoms with Crippen LogP contribution in [0.5, 0.6) is 5.88 Å². The first-order valence-corrected chi connectivity index (χ1v) is 8.07. The summed E-state index contributed by atoms with van der Waals surface area (Å²) in [6.07, 6.45) is 4.35. The van der Waals surface area contributed by atoms with Crippen molar-refractivity contribution < 1.29 is 9.53 Å². The van der Waals surface area contributed by atoms with Crippen molar-refractivity contribution in [1.29, 1.82) is 5.26 Å². The molecule has 7 nitrogen and oxygen atoms in total. The second-order valence-electron chi connectivity index (χ2n) is 5.92. The van der Waals surface area contributed by atoms with Crippen LogP contribution in [0.1, 0.15) is 28.8 Å². The van der Waals surface area contributed by atoms with Gasteiger partial charge in [-0.1, -0.05) is 0 Å². The van der Waals surface area contributed by atoms with Crippen LogP contribution in [0.2, 0.25) is 0 Å². The molecule has 0 atom stereocenters. The van der Waals surface area contributed by atoms with E-state index in [0.29, 0.717) is 37.4 Å². The minimum Gasteiger partial charge on any atom is -0.473 e. The van der Waals surface area contributed by atoms with Crippen molar-refractivity contribution in [3.05, 3.63) is 58.1 Å². The molecule has 2 aromatic heterocycles. The predicted molar refractivity (Wildman–Crippen MR) is 90.2 cm³/mol. The zero-order valence-corrected chi connectivity index (χ0v) is 13.9. The molecular formula is C18H18N4O3. The maximum atomic E-state index is 12.6. The maximum Gasteiger partial charge on any atom is 0.263 e. The fraction of sp³-hybridized carbons (Fsp3) is 0.333. The van der Waals surface area contributed by atoms with Crippen LogP contribution in [0, 0.1) is 11.3 Å². The van der Waals surface area contributed by atoms with Crippen molar-refractivity contribution in [1.82, 2.24) is 14.5 Å². The van der Waals surface area contributed by atoms with Crippen LogP contribution >= 0.6 is 0 Å². The van der Waals surface area contributed by atoms with Gasteiger partial charge in [0, 0.05) is 45.4 Å². The van der Waals surface area contributed by atoms with E-state index in [1.54, 1.807) is 48.6 Å². The Morgan fingerprint density at radius 3 is 2.80 bits per heavy atom. The summed E-state index contributed by atoms with van der Waals surface area (Å²) in [6.45, 7) is 0.993. The number of nitriles is 1. The number of carbonyl (C=O) groups excluding carboxylic acids is 1. The summed E-state index contributed by atoms with van der Waals surface area (Å²) in [5, 5.41) is 9.08. The lowest BCUT2D eigenvalue weighted by Gasteiger charge is -2.32. The van der Waals surface area contributed by atoms with Gasteiger partial charge in [-0.05, 0) is 24.3 Å². The van der Waals surface area contributed by atoms with Crippen LogP contribution in [0.15, 0.2) is 41.5 Å². The topological polar surface area (TPSA) is 88.2 Å². The zero-order valence-electron chi connectivity index (χ0n) is 13.9. The van der Waals surface area contributed by atoms with Gasteiger partial charge in [0.25, 0.3) is 11.5 Å². The third-order valence-electron chi connectivity index (χ3n) is 4.25. The van der Waals surface area contributed by atoms with E-state index in [-0.39, 0.29) is 23.1 Å². The fourth-order valence-corrected chi connectivity index (χ4v) is 2.83. The van der Waals surface area contributed by atoms with E-state index in [9.17, 15) is 9.59 Å². The van der Waals surface area contributed by atoms with E-state index in [1.165, 1.54) is 4.57 Å². The number of carbonyl (C=O) groups is 1. The van der Waals surface area contributed by atoms with Crippen LogP contribution in [0.25, 0.3) is 0 Å². The number of nitrogens with zero attached hydrogens (tertiary/aromatic N) is 4. The van der Waals surface area contributed by atoms with Crippen molar-refractivity contribution >= 4 is 5.91 Å². The number of hydrogen-bond donors (Lipinski definition) is 0. The standard InChI is InChI=1S/C18H18N4O3/c1-21-9-3-5-15(17(21)23)18(24)22-10-6-14(7-11-22)25-16-13(12-19)4-2-8-20-16/h2-5,8-9,14H,6-7,10-11H2,1H3. The van der Waals surface area contributed by atoms with Crippen LogP contribution in [-0.4, -0.2) is 39.6 Å². The molecule has 3 rings (SSSR count). The molecule has 7 heteroatoms. The summed E-state index contributed by atoms with van der Waals surface area (Å²) in [7, 11) is 1.62. The zero-order chi connectivity index (χ0) is 17.8. The molecule has 0 saturated carbocycles.